The zero-order valence-electron chi connectivity index (χ0n) is 22.4. The van der Waals surface area contributed by atoms with Crippen molar-refractivity contribution in [3.63, 3.8) is 0 Å². The molecule has 41 heavy (non-hydrogen) atoms. The van der Waals surface area contributed by atoms with Gasteiger partial charge in [0.15, 0.2) is 0 Å². The van der Waals surface area contributed by atoms with Crippen LogP contribution in [0.25, 0.3) is 0 Å². The number of benzene rings is 3. The fraction of sp³-hybridized carbons (Fsp3) is 0.258. The average Bonchev–Trinajstić information content (AvgIpc) is 2.93. The summed E-state index contributed by atoms with van der Waals surface area (Å²) in [6.07, 6.45) is -4.41. The number of esters is 1. The van der Waals surface area contributed by atoms with Crippen LogP contribution in [0, 0.1) is 0 Å². The predicted octanol–water partition coefficient (Wildman–Crippen LogP) is 6.64. The number of nitrogens with zero attached hydrogens (tertiary/aromatic N) is 1. The SMILES string of the molecule is CCOC(=O)C1=C(C)N(Cc2ccc(C(=O)NCc3cccc(C(F)(F)F)c3)cc2)C(=O)CC1c1cccc(Cl)c1. The Balaban J connectivity index is 1.49. The molecule has 4 rings (SSSR count). The normalized spacial score (nSPS) is 15.6. The minimum absolute atomic E-state index is 0.0574. The van der Waals surface area contributed by atoms with Gasteiger partial charge in [-0.2, -0.15) is 13.2 Å². The van der Waals surface area contributed by atoms with Gasteiger partial charge < -0.3 is 15.0 Å². The van der Waals surface area contributed by atoms with Gasteiger partial charge in [0.1, 0.15) is 0 Å². The van der Waals surface area contributed by atoms with Gasteiger partial charge in [-0.15, -0.1) is 0 Å². The first-order valence-electron chi connectivity index (χ1n) is 12.9. The number of nitrogens with one attached hydrogen (secondary N) is 1. The Kier molecular flexibility index (Phi) is 9.18. The van der Waals surface area contributed by atoms with Gasteiger partial charge in [0.25, 0.3) is 5.91 Å². The van der Waals surface area contributed by atoms with E-state index in [0.717, 1.165) is 23.3 Å². The third kappa shape index (κ3) is 7.16. The molecule has 2 amide bonds. The summed E-state index contributed by atoms with van der Waals surface area (Å²) in [4.78, 5) is 40.4. The number of halogens is 4. The first kappa shape index (κ1) is 29.9. The first-order chi connectivity index (χ1) is 19.5. The summed E-state index contributed by atoms with van der Waals surface area (Å²) in [6.45, 7) is 3.70. The third-order valence-corrected chi connectivity index (χ3v) is 7.07. The molecular formula is C31H28ClF3N2O4. The lowest BCUT2D eigenvalue weighted by Gasteiger charge is -2.34. The molecule has 0 spiro atoms. The summed E-state index contributed by atoms with van der Waals surface area (Å²) >= 11 is 6.17. The molecule has 1 atom stereocenters. The lowest BCUT2D eigenvalue weighted by molar-refractivity contribution is -0.140. The molecule has 1 aliphatic rings. The molecular weight excluding hydrogens is 557 g/mol. The molecule has 6 nitrogen and oxygen atoms in total. The van der Waals surface area contributed by atoms with E-state index < -0.39 is 29.5 Å². The fourth-order valence-corrected chi connectivity index (χ4v) is 4.97. The highest BCUT2D eigenvalue weighted by Gasteiger charge is 2.37. The fourth-order valence-electron chi connectivity index (χ4n) is 4.77. The molecule has 10 heteroatoms. The number of carbonyl (C=O) groups excluding carboxylic acids is 3. The monoisotopic (exact) mass is 584 g/mol. The number of allylic oxidation sites excluding steroid dienone is 1. The minimum Gasteiger partial charge on any atom is -0.463 e. The third-order valence-electron chi connectivity index (χ3n) is 6.83. The van der Waals surface area contributed by atoms with E-state index in [1.807, 2.05) is 6.07 Å². The molecule has 1 aliphatic heterocycles. The lowest BCUT2D eigenvalue weighted by Crippen LogP contribution is -2.38. The van der Waals surface area contributed by atoms with Crippen molar-refractivity contribution in [2.45, 2.75) is 45.5 Å². The molecule has 0 aliphatic carbocycles. The van der Waals surface area contributed by atoms with Crippen LogP contribution in [0.3, 0.4) is 0 Å². The largest absolute Gasteiger partial charge is 0.463 e. The van der Waals surface area contributed by atoms with Crippen molar-refractivity contribution in [1.29, 1.82) is 0 Å². The van der Waals surface area contributed by atoms with Crippen LogP contribution in [0.1, 0.15) is 58.8 Å². The van der Waals surface area contributed by atoms with Crippen molar-refractivity contribution in [2.75, 3.05) is 6.61 Å². The number of hydrogen-bond donors (Lipinski definition) is 1. The Morgan fingerprint density at radius 1 is 1.02 bits per heavy atom. The Labute approximate surface area is 240 Å². The quantitative estimate of drug-likeness (QED) is 0.301. The molecule has 0 saturated heterocycles. The number of hydrogen-bond acceptors (Lipinski definition) is 4. The second-order valence-electron chi connectivity index (χ2n) is 9.59. The highest BCUT2D eigenvalue weighted by Crippen LogP contribution is 2.38. The van der Waals surface area contributed by atoms with Crippen molar-refractivity contribution >= 4 is 29.4 Å². The van der Waals surface area contributed by atoms with Gasteiger partial charge in [0.05, 0.1) is 24.3 Å². The number of amides is 2. The number of ether oxygens (including phenoxy) is 1. The van der Waals surface area contributed by atoms with Gasteiger partial charge in [-0.3, -0.25) is 9.59 Å². The van der Waals surface area contributed by atoms with Crippen LogP contribution in [0.5, 0.6) is 0 Å². The van der Waals surface area contributed by atoms with Crippen LogP contribution in [0.4, 0.5) is 13.2 Å². The summed E-state index contributed by atoms with van der Waals surface area (Å²) in [6, 6.07) is 18.3. The standard InChI is InChI=1S/C31H28ClF3N2O4/c1-3-41-30(40)28-19(2)37(27(38)16-26(28)23-7-5-9-25(32)15-23)18-20-10-12-22(13-11-20)29(39)36-17-21-6-4-8-24(14-21)31(33,34)35/h4-15,26H,3,16-18H2,1-2H3,(H,36,39). The van der Waals surface area contributed by atoms with Crippen LogP contribution < -0.4 is 5.32 Å². The van der Waals surface area contributed by atoms with Crippen LogP contribution in [-0.2, 0) is 33.6 Å². The Morgan fingerprint density at radius 2 is 1.73 bits per heavy atom. The van der Waals surface area contributed by atoms with Crippen LogP contribution in [-0.4, -0.2) is 29.3 Å². The summed E-state index contributed by atoms with van der Waals surface area (Å²) in [5.41, 5.74) is 2.18. The summed E-state index contributed by atoms with van der Waals surface area (Å²) < 4.78 is 44.2. The average molecular weight is 585 g/mol. The van der Waals surface area contributed by atoms with Gasteiger partial charge in [0.2, 0.25) is 5.91 Å². The molecule has 1 N–H and O–H groups in total. The maximum atomic E-state index is 13.3. The molecule has 0 fully saturated rings. The summed E-state index contributed by atoms with van der Waals surface area (Å²) in [7, 11) is 0. The number of carbonyl (C=O) groups is 3. The minimum atomic E-state index is -4.47. The van der Waals surface area contributed by atoms with E-state index >= 15 is 0 Å². The highest BCUT2D eigenvalue weighted by molar-refractivity contribution is 6.30. The van der Waals surface area contributed by atoms with E-state index in [4.69, 9.17) is 16.3 Å². The van der Waals surface area contributed by atoms with Crippen molar-refractivity contribution in [2.24, 2.45) is 0 Å². The molecule has 1 heterocycles. The Bertz CT molecular complexity index is 1490. The van der Waals surface area contributed by atoms with E-state index in [2.05, 4.69) is 5.32 Å². The maximum absolute atomic E-state index is 13.3. The first-order valence-corrected chi connectivity index (χ1v) is 13.3. The molecule has 3 aromatic rings. The molecule has 0 radical (unpaired) electrons. The van der Waals surface area contributed by atoms with Gasteiger partial charge in [-0.1, -0.05) is 48.0 Å². The van der Waals surface area contributed by atoms with Crippen molar-refractivity contribution in [3.8, 4) is 0 Å². The number of rotatable bonds is 8. The number of alkyl halides is 3. The summed E-state index contributed by atoms with van der Waals surface area (Å²) in [5, 5.41) is 3.12. The Hall–Kier alpha value is -4.11. The molecule has 3 aromatic carbocycles. The van der Waals surface area contributed by atoms with Gasteiger partial charge in [-0.25, -0.2) is 4.79 Å². The van der Waals surface area contributed by atoms with Crippen LogP contribution in [0.2, 0.25) is 5.02 Å². The topological polar surface area (TPSA) is 75.7 Å². The van der Waals surface area contributed by atoms with Gasteiger partial charge >= 0.3 is 12.1 Å². The van der Waals surface area contributed by atoms with Crippen LogP contribution >= 0.6 is 11.6 Å². The second kappa shape index (κ2) is 12.6. The summed E-state index contributed by atoms with van der Waals surface area (Å²) in [5.74, 6) is -1.63. The van der Waals surface area contributed by atoms with Gasteiger partial charge in [0, 0.05) is 35.2 Å². The lowest BCUT2D eigenvalue weighted by atomic mass is 9.83. The van der Waals surface area contributed by atoms with E-state index in [-0.39, 0.29) is 32.0 Å². The van der Waals surface area contributed by atoms with E-state index in [9.17, 15) is 27.6 Å². The predicted molar refractivity (Wildman–Crippen MR) is 148 cm³/mol. The van der Waals surface area contributed by atoms with Crippen molar-refractivity contribution in [3.05, 3.63) is 117 Å². The molecule has 0 aromatic heterocycles. The van der Waals surface area contributed by atoms with Crippen molar-refractivity contribution in [1.82, 2.24) is 10.2 Å². The van der Waals surface area contributed by atoms with E-state index in [1.54, 1.807) is 56.3 Å². The van der Waals surface area contributed by atoms with E-state index in [0.29, 0.717) is 27.4 Å². The zero-order chi connectivity index (χ0) is 29.7. The molecule has 0 saturated carbocycles. The zero-order valence-corrected chi connectivity index (χ0v) is 23.2. The molecule has 214 valence electrons. The second-order valence-corrected chi connectivity index (χ2v) is 10.0. The van der Waals surface area contributed by atoms with Gasteiger partial charge in [-0.05, 0) is 66.9 Å². The molecule has 1 unspecified atom stereocenters. The van der Waals surface area contributed by atoms with Crippen molar-refractivity contribution < 1.29 is 32.3 Å². The smallest absolute Gasteiger partial charge is 0.416 e. The Morgan fingerprint density at radius 3 is 2.39 bits per heavy atom. The molecule has 0 bridgehead atoms. The van der Waals surface area contributed by atoms with Crippen LogP contribution in [0.15, 0.2) is 84.1 Å². The van der Waals surface area contributed by atoms with E-state index in [1.165, 1.54) is 17.0 Å². The maximum Gasteiger partial charge on any atom is 0.416 e. The highest BCUT2D eigenvalue weighted by atomic mass is 35.5.